The van der Waals surface area contributed by atoms with Crippen LogP contribution in [-0.4, -0.2) is 0 Å². The highest BCUT2D eigenvalue weighted by atomic mass is 15.1. The number of fused-ring (bicyclic) bond motifs is 9. The Balaban J connectivity index is 1.21. The molecule has 0 saturated heterocycles. The van der Waals surface area contributed by atoms with E-state index in [9.17, 15) is 0 Å². The Labute approximate surface area is 322 Å². The molecule has 0 amide bonds. The highest BCUT2D eigenvalue weighted by Gasteiger charge is 2.46. The Bertz CT molecular complexity index is 2920. The lowest BCUT2D eigenvalue weighted by Gasteiger charge is -2.34. The first-order chi connectivity index (χ1) is 27.0. The number of nitrogens with zero attached hydrogens (tertiary/aromatic N) is 1. The fraction of sp³-hybridized carbons (Fsp3) is 0.0741. The van der Waals surface area contributed by atoms with Crippen molar-refractivity contribution in [2.75, 3.05) is 4.90 Å². The highest BCUT2D eigenvalue weighted by Crippen LogP contribution is 2.58. The molecule has 0 bridgehead atoms. The van der Waals surface area contributed by atoms with Crippen LogP contribution in [0.15, 0.2) is 200 Å². The van der Waals surface area contributed by atoms with Crippen molar-refractivity contribution in [2.45, 2.75) is 24.7 Å². The lowest BCUT2D eigenvalue weighted by atomic mass is 9.68. The molecule has 2 aliphatic rings. The lowest BCUT2D eigenvalue weighted by molar-refractivity contribution is 0.660. The first kappa shape index (κ1) is 31.8. The summed E-state index contributed by atoms with van der Waals surface area (Å²) in [5.41, 5.74) is 16.0. The Morgan fingerprint density at radius 3 is 1.58 bits per heavy atom. The molecular weight excluding hydrogens is 663 g/mol. The van der Waals surface area contributed by atoms with Gasteiger partial charge in [-0.2, -0.15) is 0 Å². The standard InChI is InChI=1S/C54H39N/c1-53(2)48-27-15-13-24-43(48)45-31-29-40(35-51(45)53)55(52-33-36-17-9-10-22-41(36)42-23-11-12-26-46(42)52)39-30-32-50-47(34-39)44-25-14-16-28-49(44)54(50,37-18-5-3-6-19-37)38-20-7-4-8-21-38/h3-35H,1-2H3. The predicted molar refractivity (Wildman–Crippen MR) is 231 cm³/mol. The van der Waals surface area contributed by atoms with E-state index in [4.69, 9.17) is 0 Å². The van der Waals surface area contributed by atoms with Crippen LogP contribution in [0.25, 0.3) is 43.8 Å². The van der Waals surface area contributed by atoms with Crippen molar-refractivity contribution in [1.29, 1.82) is 0 Å². The van der Waals surface area contributed by atoms with Gasteiger partial charge in [0.2, 0.25) is 0 Å². The molecule has 55 heavy (non-hydrogen) atoms. The van der Waals surface area contributed by atoms with Crippen LogP contribution in [0.5, 0.6) is 0 Å². The van der Waals surface area contributed by atoms with Crippen molar-refractivity contribution in [2.24, 2.45) is 0 Å². The Morgan fingerprint density at radius 1 is 0.345 bits per heavy atom. The van der Waals surface area contributed by atoms with Gasteiger partial charge in [0, 0.05) is 22.2 Å². The molecule has 0 unspecified atom stereocenters. The van der Waals surface area contributed by atoms with E-state index in [2.05, 4.69) is 219 Å². The quantitative estimate of drug-likeness (QED) is 0.162. The Kier molecular flexibility index (Phi) is 6.88. The van der Waals surface area contributed by atoms with Crippen LogP contribution in [0, 0.1) is 0 Å². The van der Waals surface area contributed by atoms with E-state index in [1.54, 1.807) is 0 Å². The molecule has 0 saturated carbocycles. The molecule has 11 rings (SSSR count). The van der Waals surface area contributed by atoms with Crippen molar-refractivity contribution in [3.05, 3.63) is 234 Å². The third-order valence-corrected chi connectivity index (χ3v) is 12.5. The van der Waals surface area contributed by atoms with Gasteiger partial charge in [0.05, 0.1) is 11.1 Å². The molecule has 260 valence electrons. The van der Waals surface area contributed by atoms with Crippen molar-refractivity contribution in [3.8, 4) is 22.3 Å². The summed E-state index contributed by atoms with van der Waals surface area (Å²) in [4.78, 5) is 2.52. The maximum Gasteiger partial charge on any atom is 0.0713 e. The van der Waals surface area contributed by atoms with Gasteiger partial charge in [-0.15, -0.1) is 0 Å². The van der Waals surface area contributed by atoms with E-state index in [1.807, 2.05) is 0 Å². The average molecular weight is 702 g/mol. The normalized spacial score (nSPS) is 14.3. The van der Waals surface area contributed by atoms with Gasteiger partial charge >= 0.3 is 0 Å². The molecule has 0 N–H and O–H groups in total. The fourth-order valence-electron chi connectivity index (χ4n) is 10.1. The van der Waals surface area contributed by atoms with Crippen LogP contribution < -0.4 is 4.90 Å². The first-order valence-electron chi connectivity index (χ1n) is 19.4. The Morgan fingerprint density at radius 2 is 0.855 bits per heavy atom. The zero-order chi connectivity index (χ0) is 36.7. The van der Waals surface area contributed by atoms with E-state index in [1.165, 1.54) is 82.9 Å². The zero-order valence-electron chi connectivity index (χ0n) is 31.0. The molecule has 1 heteroatoms. The van der Waals surface area contributed by atoms with Crippen LogP contribution in [-0.2, 0) is 10.8 Å². The van der Waals surface area contributed by atoms with Crippen molar-refractivity contribution in [3.63, 3.8) is 0 Å². The first-order valence-corrected chi connectivity index (χ1v) is 19.4. The summed E-state index contributed by atoms with van der Waals surface area (Å²) in [6, 6.07) is 74.6. The molecule has 0 radical (unpaired) electrons. The van der Waals surface area contributed by atoms with Gasteiger partial charge in [-0.25, -0.2) is 0 Å². The van der Waals surface area contributed by atoms with Crippen LogP contribution in [0.3, 0.4) is 0 Å². The number of anilines is 3. The van der Waals surface area contributed by atoms with E-state index in [-0.39, 0.29) is 5.41 Å². The summed E-state index contributed by atoms with van der Waals surface area (Å²) in [6.45, 7) is 4.74. The molecule has 0 heterocycles. The molecule has 9 aromatic rings. The zero-order valence-corrected chi connectivity index (χ0v) is 31.0. The largest absolute Gasteiger partial charge is 0.310 e. The van der Waals surface area contributed by atoms with Gasteiger partial charge in [-0.1, -0.05) is 184 Å². The number of hydrogen-bond acceptors (Lipinski definition) is 1. The minimum Gasteiger partial charge on any atom is -0.310 e. The number of rotatable bonds is 5. The minimum atomic E-state index is -0.448. The molecule has 0 atom stereocenters. The summed E-state index contributed by atoms with van der Waals surface area (Å²) < 4.78 is 0. The number of hydrogen-bond donors (Lipinski definition) is 0. The summed E-state index contributed by atoms with van der Waals surface area (Å²) >= 11 is 0. The van der Waals surface area contributed by atoms with Gasteiger partial charge in [0.15, 0.2) is 0 Å². The predicted octanol–water partition coefficient (Wildman–Crippen LogP) is 14.1. The second-order valence-electron chi connectivity index (χ2n) is 15.7. The average Bonchev–Trinajstić information content (AvgIpc) is 3.67. The SMILES string of the molecule is CC1(C)c2ccccc2-c2ccc(N(c3ccc4c(c3)-c3ccccc3C4(c3ccccc3)c3ccccc3)c3cc4ccccc4c4ccccc34)cc21. The van der Waals surface area contributed by atoms with E-state index < -0.39 is 5.41 Å². The molecule has 0 aliphatic heterocycles. The second-order valence-corrected chi connectivity index (χ2v) is 15.7. The molecule has 0 spiro atoms. The maximum absolute atomic E-state index is 2.52. The Hall–Kier alpha value is -6.70. The summed E-state index contributed by atoms with van der Waals surface area (Å²) in [6.07, 6.45) is 0. The van der Waals surface area contributed by atoms with Crippen LogP contribution in [0.4, 0.5) is 17.1 Å². The smallest absolute Gasteiger partial charge is 0.0713 e. The van der Waals surface area contributed by atoms with Gasteiger partial charge in [0.1, 0.15) is 0 Å². The van der Waals surface area contributed by atoms with Crippen molar-refractivity contribution >= 4 is 38.6 Å². The third kappa shape index (κ3) is 4.47. The minimum absolute atomic E-state index is 0.124. The van der Waals surface area contributed by atoms with Gasteiger partial charge < -0.3 is 4.90 Å². The van der Waals surface area contributed by atoms with E-state index in [0.717, 1.165) is 11.4 Å². The molecule has 1 nitrogen and oxygen atoms in total. The van der Waals surface area contributed by atoms with Crippen LogP contribution >= 0.6 is 0 Å². The molecule has 2 aliphatic carbocycles. The summed E-state index contributed by atoms with van der Waals surface area (Å²) in [5.74, 6) is 0. The molecule has 0 fully saturated rings. The maximum atomic E-state index is 2.52. The fourth-order valence-corrected chi connectivity index (χ4v) is 10.1. The van der Waals surface area contributed by atoms with E-state index in [0.29, 0.717) is 0 Å². The number of benzene rings is 9. The van der Waals surface area contributed by atoms with E-state index >= 15 is 0 Å². The summed E-state index contributed by atoms with van der Waals surface area (Å²) in [5, 5.41) is 4.99. The third-order valence-electron chi connectivity index (χ3n) is 12.5. The molecule has 9 aromatic carbocycles. The van der Waals surface area contributed by atoms with Crippen molar-refractivity contribution in [1.82, 2.24) is 0 Å². The molecular formula is C54H39N. The topological polar surface area (TPSA) is 3.24 Å². The van der Waals surface area contributed by atoms with Gasteiger partial charge in [-0.05, 0) is 102 Å². The van der Waals surface area contributed by atoms with Gasteiger partial charge in [0.25, 0.3) is 0 Å². The summed E-state index contributed by atoms with van der Waals surface area (Å²) in [7, 11) is 0. The monoisotopic (exact) mass is 701 g/mol. The van der Waals surface area contributed by atoms with Gasteiger partial charge in [-0.3, -0.25) is 0 Å². The van der Waals surface area contributed by atoms with Crippen molar-refractivity contribution < 1.29 is 0 Å². The highest BCUT2D eigenvalue weighted by molar-refractivity contribution is 6.14. The van der Waals surface area contributed by atoms with Crippen LogP contribution in [0.2, 0.25) is 0 Å². The molecule has 0 aromatic heterocycles. The lowest BCUT2D eigenvalue weighted by Crippen LogP contribution is -2.28. The van der Waals surface area contributed by atoms with Crippen LogP contribution in [0.1, 0.15) is 47.2 Å². The second kappa shape index (κ2) is 11.9.